The zero-order valence-corrected chi connectivity index (χ0v) is 23.3. The molecule has 0 spiro atoms. The Morgan fingerprint density at radius 3 is 2.49 bits per heavy atom. The van der Waals surface area contributed by atoms with Gasteiger partial charge in [-0.2, -0.15) is 4.98 Å². The molecule has 2 aromatic carbocycles. The Bertz CT molecular complexity index is 1680. The van der Waals surface area contributed by atoms with E-state index in [1.165, 1.54) is 17.0 Å². The van der Waals surface area contributed by atoms with Crippen molar-refractivity contribution in [1.82, 2.24) is 24.4 Å². The summed E-state index contributed by atoms with van der Waals surface area (Å²) in [6.07, 6.45) is 1.75. The summed E-state index contributed by atoms with van der Waals surface area (Å²) < 4.78 is 1.67. The van der Waals surface area contributed by atoms with Gasteiger partial charge in [-0.3, -0.25) is 9.36 Å². The van der Waals surface area contributed by atoms with Crippen molar-refractivity contribution in [1.29, 1.82) is 0 Å². The molecule has 39 heavy (non-hydrogen) atoms. The fraction of sp³-hybridized carbons (Fsp3) is 0.241. The molecule has 8 nitrogen and oxygen atoms in total. The Labute approximate surface area is 235 Å². The molecule has 1 aliphatic heterocycles. The van der Waals surface area contributed by atoms with E-state index in [0.717, 1.165) is 48.5 Å². The minimum atomic E-state index is -0.144. The van der Waals surface area contributed by atoms with Gasteiger partial charge in [-0.05, 0) is 50.4 Å². The summed E-state index contributed by atoms with van der Waals surface area (Å²) in [5.74, 6) is 0.440. The number of fused-ring (bicyclic) bond motifs is 1. The van der Waals surface area contributed by atoms with Crippen LogP contribution in [0.2, 0.25) is 5.02 Å². The predicted molar refractivity (Wildman–Crippen MR) is 160 cm³/mol. The van der Waals surface area contributed by atoms with E-state index in [4.69, 9.17) is 16.6 Å². The van der Waals surface area contributed by atoms with Crippen LogP contribution in [-0.2, 0) is 6.54 Å². The predicted octanol–water partition coefficient (Wildman–Crippen LogP) is 5.75. The number of nitrogens with one attached hydrogen (secondary N) is 1. The van der Waals surface area contributed by atoms with Crippen molar-refractivity contribution in [3.8, 4) is 22.4 Å². The summed E-state index contributed by atoms with van der Waals surface area (Å²) in [4.78, 5) is 31.9. The van der Waals surface area contributed by atoms with Crippen LogP contribution in [0.1, 0.15) is 6.92 Å². The molecule has 0 saturated carbocycles. The first-order chi connectivity index (χ1) is 19.0. The van der Waals surface area contributed by atoms with E-state index in [2.05, 4.69) is 44.3 Å². The van der Waals surface area contributed by atoms with Crippen LogP contribution in [0.25, 0.3) is 33.4 Å². The van der Waals surface area contributed by atoms with E-state index < -0.39 is 0 Å². The summed E-state index contributed by atoms with van der Waals surface area (Å²) in [5, 5.41) is 6.52. The normalized spacial score (nSPS) is 14.2. The minimum Gasteiger partial charge on any atom is -0.369 e. The number of nitrogens with zero attached hydrogens (tertiary/aromatic N) is 6. The molecule has 0 unspecified atom stereocenters. The molecule has 6 rings (SSSR count). The van der Waals surface area contributed by atoms with E-state index in [-0.39, 0.29) is 5.56 Å². The van der Waals surface area contributed by atoms with Crippen LogP contribution < -0.4 is 15.8 Å². The number of hydrogen-bond donors (Lipinski definition) is 1. The van der Waals surface area contributed by atoms with Crippen molar-refractivity contribution in [2.45, 2.75) is 13.5 Å². The number of piperazine rings is 1. The first-order valence-corrected chi connectivity index (χ1v) is 14.2. The lowest BCUT2D eigenvalue weighted by atomic mass is 10.0. The number of rotatable bonds is 6. The second kappa shape index (κ2) is 10.8. The quantitative estimate of drug-likeness (QED) is 0.285. The molecule has 1 saturated heterocycles. The lowest BCUT2D eigenvalue weighted by Gasteiger charge is -2.34. The summed E-state index contributed by atoms with van der Waals surface area (Å²) in [7, 11) is 2.16. The van der Waals surface area contributed by atoms with Crippen molar-refractivity contribution in [2.24, 2.45) is 0 Å². The molecule has 0 aliphatic carbocycles. The average molecular weight is 558 g/mol. The number of likely N-dealkylation sites (N-methyl/N-ethyl adjacent to an activating group) is 1. The van der Waals surface area contributed by atoms with Gasteiger partial charge in [0.25, 0.3) is 5.56 Å². The summed E-state index contributed by atoms with van der Waals surface area (Å²) >= 11 is 8.19. The van der Waals surface area contributed by atoms with Crippen molar-refractivity contribution in [3.63, 3.8) is 0 Å². The van der Waals surface area contributed by atoms with Crippen molar-refractivity contribution in [2.75, 3.05) is 43.4 Å². The molecule has 4 heterocycles. The maximum Gasteiger partial charge on any atom is 0.260 e. The molecule has 0 amide bonds. The maximum atomic E-state index is 13.6. The van der Waals surface area contributed by atoms with Gasteiger partial charge in [-0.1, -0.05) is 23.7 Å². The minimum absolute atomic E-state index is 0.144. The average Bonchev–Trinajstić information content (AvgIpc) is 3.49. The van der Waals surface area contributed by atoms with Gasteiger partial charge in [-0.15, -0.1) is 11.3 Å². The molecule has 5 aromatic rings. The Hall–Kier alpha value is -3.79. The highest BCUT2D eigenvalue weighted by Crippen LogP contribution is 2.32. The summed E-state index contributed by atoms with van der Waals surface area (Å²) in [6.45, 7) is 6.58. The van der Waals surface area contributed by atoms with Crippen LogP contribution in [0.4, 0.5) is 17.3 Å². The van der Waals surface area contributed by atoms with Gasteiger partial charge in [0.1, 0.15) is 5.65 Å². The lowest BCUT2D eigenvalue weighted by molar-refractivity contribution is 0.313. The molecule has 0 bridgehead atoms. The van der Waals surface area contributed by atoms with Crippen LogP contribution in [0.3, 0.4) is 0 Å². The fourth-order valence-electron chi connectivity index (χ4n) is 4.90. The molecule has 198 valence electrons. The molecule has 1 N–H and O–H groups in total. The number of aromatic nitrogens is 4. The summed E-state index contributed by atoms with van der Waals surface area (Å²) in [6, 6.07) is 15.8. The van der Waals surface area contributed by atoms with E-state index in [0.29, 0.717) is 34.3 Å². The second-order valence-electron chi connectivity index (χ2n) is 9.61. The Kier molecular flexibility index (Phi) is 7.03. The van der Waals surface area contributed by atoms with Crippen molar-refractivity contribution >= 4 is 51.3 Å². The Morgan fingerprint density at radius 1 is 1.00 bits per heavy atom. The van der Waals surface area contributed by atoms with Crippen LogP contribution in [0.15, 0.2) is 70.4 Å². The monoisotopic (exact) mass is 557 g/mol. The fourth-order valence-corrected chi connectivity index (χ4v) is 5.75. The number of hydrogen-bond acceptors (Lipinski definition) is 8. The number of benzene rings is 2. The van der Waals surface area contributed by atoms with Gasteiger partial charge < -0.3 is 15.1 Å². The highest BCUT2D eigenvalue weighted by atomic mass is 35.5. The van der Waals surface area contributed by atoms with Crippen LogP contribution in [0, 0.1) is 0 Å². The van der Waals surface area contributed by atoms with E-state index >= 15 is 0 Å². The standard InChI is InChI=1S/C29H28ClN7OS/c1-3-37-27-20(14-24(28(37)38)23-9-4-19(15-25(23)30)26-17-39-18-32-26)16-31-29(34-27)33-21-5-7-22(8-6-21)36-12-10-35(2)11-13-36/h4-9,14-18H,3,10-13H2,1-2H3,(H,31,33,34). The third-order valence-electron chi connectivity index (χ3n) is 7.12. The smallest absolute Gasteiger partial charge is 0.260 e. The molecule has 0 radical (unpaired) electrons. The molecule has 10 heteroatoms. The van der Waals surface area contributed by atoms with Gasteiger partial charge in [0.05, 0.1) is 11.2 Å². The highest BCUT2D eigenvalue weighted by Gasteiger charge is 2.17. The number of halogens is 1. The third-order valence-corrected chi connectivity index (χ3v) is 8.02. The van der Waals surface area contributed by atoms with Gasteiger partial charge in [0.15, 0.2) is 0 Å². The van der Waals surface area contributed by atoms with Gasteiger partial charge in [0.2, 0.25) is 5.95 Å². The zero-order chi connectivity index (χ0) is 26.9. The van der Waals surface area contributed by atoms with Gasteiger partial charge in [-0.25, -0.2) is 9.97 Å². The van der Waals surface area contributed by atoms with Crippen LogP contribution in [-0.4, -0.2) is 57.6 Å². The number of anilines is 3. The van der Waals surface area contributed by atoms with E-state index in [1.807, 2.05) is 48.7 Å². The topological polar surface area (TPSA) is 79.2 Å². The first kappa shape index (κ1) is 25.5. The first-order valence-electron chi connectivity index (χ1n) is 12.9. The lowest BCUT2D eigenvalue weighted by Crippen LogP contribution is -2.44. The molecule has 1 fully saturated rings. The zero-order valence-electron chi connectivity index (χ0n) is 21.8. The molecular weight excluding hydrogens is 530 g/mol. The highest BCUT2D eigenvalue weighted by molar-refractivity contribution is 7.07. The number of aryl methyl sites for hydroxylation is 1. The number of thiazole rings is 1. The van der Waals surface area contributed by atoms with E-state index in [1.54, 1.807) is 16.3 Å². The van der Waals surface area contributed by atoms with Crippen LogP contribution >= 0.6 is 22.9 Å². The second-order valence-corrected chi connectivity index (χ2v) is 10.7. The van der Waals surface area contributed by atoms with Crippen molar-refractivity contribution < 1.29 is 0 Å². The molecular formula is C29H28ClN7OS. The summed E-state index contributed by atoms with van der Waals surface area (Å²) in [5.41, 5.74) is 7.28. The SMILES string of the molecule is CCn1c(=O)c(-c2ccc(-c3cscn3)cc2Cl)cc2cnc(Nc3ccc(N4CCN(C)CC4)cc3)nc21. The van der Waals surface area contributed by atoms with Gasteiger partial charge in [0, 0.05) is 82.8 Å². The van der Waals surface area contributed by atoms with E-state index in [9.17, 15) is 4.79 Å². The molecule has 0 atom stereocenters. The van der Waals surface area contributed by atoms with Crippen molar-refractivity contribution in [3.05, 3.63) is 81.0 Å². The Balaban J connectivity index is 1.29. The largest absolute Gasteiger partial charge is 0.369 e. The van der Waals surface area contributed by atoms with Crippen LogP contribution in [0.5, 0.6) is 0 Å². The molecule has 3 aromatic heterocycles. The molecule has 1 aliphatic rings. The van der Waals surface area contributed by atoms with Gasteiger partial charge >= 0.3 is 0 Å². The third kappa shape index (κ3) is 5.13. The number of pyridine rings is 1. The maximum absolute atomic E-state index is 13.6. The Morgan fingerprint density at radius 2 is 1.79 bits per heavy atom.